The van der Waals surface area contributed by atoms with E-state index in [1.807, 2.05) is 0 Å². The molecule has 2 N–H and O–H groups in total. The zero-order valence-corrected chi connectivity index (χ0v) is 7.65. The van der Waals surface area contributed by atoms with Gasteiger partial charge in [-0.25, -0.2) is 14.4 Å². The van der Waals surface area contributed by atoms with Gasteiger partial charge in [0.2, 0.25) is 5.62 Å². The first-order valence-electron chi connectivity index (χ1n) is 3.07. The molecular weight excluding hydrogens is 205 g/mol. The first-order chi connectivity index (χ1) is 5.72. The third-order valence-electron chi connectivity index (χ3n) is 0.737. The minimum Gasteiger partial charge on any atom is -0.394 e. The van der Waals surface area contributed by atoms with Gasteiger partial charge in [0.15, 0.2) is 0 Å². The normalized spacial score (nSPS) is 20.3. The molecule has 70 valence electrons. The summed E-state index contributed by atoms with van der Waals surface area (Å²) in [7, 11) is 0. The van der Waals surface area contributed by atoms with Gasteiger partial charge in [-0.1, -0.05) is 11.6 Å². The Labute approximate surface area is 80.1 Å². The number of rotatable bonds is 1. The predicted octanol–water partition coefficient (Wildman–Crippen LogP) is 0.00580. The van der Waals surface area contributed by atoms with E-state index in [1.54, 1.807) is 0 Å². The molecule has 0 saturated carbocycles. The van der Waals surface area contributed by atoms with E-state index in [9.17, 15) is 0 Å². The lowest BCUT2D eigenvalue weighted by Gasteiger charge is -2.13. The van der Waals surface area contributed by atoms with Crippen LogP contribution in [-0.2, 0) is 0 Å². The smallest absolute Gasteiger partial charge is 0.213 e. The van der Waals surface area contributed by atoms with Crippen LogP contribution in [-0.4, -0.2) is 46.1 Å². The van der Waals surface area contributed by atoms with E-state index in [2.05, 4.69) is 9.98 Å². The van der Waals surface area contributed by atoms with Crippen molar-refractivity contribution in [1.82, 2.24) is 4.42 Å². The van der Waals surface area contributed by atoms with E-state index in [0.717, 1.165) is 0 Å². The number of alkyl halides is 1. The third-order valence-corrected chi connectivity index (χ3v) is 1.43. The maximum absolute atomic E-state index is 7.62. The highest BCUT2D eigenvalue weighted by molar-refractivity contribution is 6.28. The van der Waals surface area contributed by atoms with E-state index in [-0.39, 0.29) is 13.2 Å². The molecule has 7 heteroatoms. The third kappa shape index (κ3) is 5.31. The van der Waals surface area contributed by atoms with Gasteiger partial charge in [0.05, 0.1) is 13.2 Å². The van der Waals surface area contributed by atoms with Gasteiger partial charge in [-0.05, 0) is 0 Å². The molecule has 1 aliphatic heterocycles. The molecule has 0 aliphatic carbocycles. The van der Waals surface area contributed by atoms with Crippen LogP contribution in [0.15, 0.2) is 9.98 Å². The Bertz CT molecular complexity index is 147. The highest BCUT2D eigenvalue weighted by Crippen LogP contribution is 2.08. The van der Waals surface area contributed by atoms with Gasteiger partial charge in [-0.3, -0.25) is 0 Å². The summed E-state index contributed by atoms with van der Waals surface area (Å²) in [6.45, 7) is -0.250. The quantitative estimate of drug-likeness (QED) is 0.367. The Kier molecular flexibility index (Phi) is 7.08. The van der Waals surface area contributed by atoms with Gasteiger partial charge in [-0.15, -0.1) is 0 Å². The van der Waals surface area contributed by atoms with Crippen molar-refractivity contribution in [2.24, 2.45) is 9.98 Å². The lowest BCUT2D eigenvalue weighted by molar-refractivity contribution is 0.186. The van der Waals surface area contributed by atoms with Crippen molar-refractivity contribution >= 4 is 36.1 Å². The number of hydrogen-bond acceptors (Lipinski definition) is 5. The van der Waals surface area contributed by atoms with Crippen LogP contribution in [0.5, 0.6) is 0 Å². The van der Waals surface area contributed by atoms with Crippen molar-refractivity contribution in [3.63, 3.8) is 0 Å². The highest BCUT2D eigenvalue weighted by atomic mass is 35.5. The Morgan fingerprint density at radius 3 is 2.25 bits per heavy atom. The Hall–Kier alpha value is -0.360. The fourth-order valence-corrected chi connectivity index (χ4v) is 0.507. The molecule has 0 aromatic heterocycles. The fraction of sp³-hybridized carbons (Fsp3) is 0.600. The highest BCUT2D eigenvalue weighted by Gasteiger charge is 2.08. The number of aliphatic hydroxyl groups is 2. The Morgan fingerprint density at radius 2 is 2.00 bits per heavy atom. The molecule has 1 aliphatic rings. The molecule has 0 radical (unpaired) electrons. The summed E-state index contributed by atoms with van der Waals surface area (Å²) < 4.78 is 1.18. The van der Waals surface area contributed by atoms with E-state index in [0.29, 0.717) is 0 Å². The van der Waals surface area contributed by atoms with Gasteiger partial charge in [0.1, 0.15) is 12.7 Å². The van der Waals surface area contributed by atoms with Crippen LogP contribution in [0.3, 0.4) is 0 Å². The van der Waals surface area contributed by atoms with Gasteiger partial charge < -0.3 is 10.2 Å². The summed E-state index contributed by atoms with van der Waals surface area (Å²) in [6.07, 6.45) is 2.75. The van der Waals surface area contributed by atoms with Crippen LogP contribution in [0.1, 0.15) is 0 Å². The molecule has 1 heterocycles. The molecule has 5 nitrogen and oxygen atoms in total. The number of aliphatic imine (C=N–C) groups is 2. The van der Waals surface area contributed by atoms with E-state index in [1.165, 1.54) is 17.1 Å². The van der Waals surface area contributed by atoms with Crippen LogP contribution in [0.2, 0.25) is 0 Å². The van der Waals surface area contributed by atoms with Crippen LogP contribution < -0.4 is 0 Å². The lowest BCUT2D eigenvalue weighted by Crippen LogP contribution is -2.20. The van der Waals surface area contributed by atoms with Crippen LogP contribution in [0.25, 0.3) is 0 Å². The molecule has 0 spiro atoms. The number of hydrogen-bond donors (Lipinski definition) is 2. The van der Waals surface area contributed by atoms with Gasteiger partial charge >= 0.3 is 0 Å². The van der Waals surface area contributed by atoms with Crippen LogP contribution in [0, 0.1) is 0 Å². The summed E-state index contributed by atoms with van der Waals surface area (Å²) in [4.78, 5) is 7.25. The van der Waals surface area contributed by atoms with Crippen molar-refractivity contribution in [3.05, 3.63) is 0 Å². The zero-order chi connectivity index (χ0) is 9.40. The molecule has 0 bridgehead atoms. The van der Waals surface area contributed by atoms with Crippen molar-refractivity contribution < 1.29 is 10.2 Å². The molecule has 0 aromatic carbocycles. The summed E-state index contributed by atoms with van der Waals surface area (Å²) in [5.74, 6) is 0. The molecular formula is C5H9Cl2N3O2. The van der Waals surface area contributed by atoms with Gasteiger partial charge in [-0.2, -0.15) is 0 Å². The second kappa shape index (κ2) is 7.30. The van der Waals surface area contributed by atoms with Gasteiger partial charge in [0, 0.05) is 11.8 Å². The average Bonchev–Trinajstić information content (AvgIpc) is 2.11. The van der Waals surface area contributed by atoms with Gasteiger partial charge in [0.25, 0.3) is 0 Å². The first-order valence-corrected chi connectivity index (χ1v) is 3.84. The summed E-state index contributed by atoms with van der Waals surface area (Å²) in [6, 6.07) is 0. The van der Waals surface area contributed by atoms with E-state index in [4.69, 9.17) is 33.6 Å². The number of halogens is 2. The average molecular weight is 214 g/mol. The predicted molar refractivity (Wildman–Crippen MR) is 48.5 cm³/mol. The molecule has 1 rings (SSSR count). The second-order valence-electron chi connectivity index (χ2n) is 1.63. The monoisotopic (exact) mass is 213 g/mol. The largest absolute Gasteiger partial charge is 0.394 e. The molecule has 1 atom stereocenters. The summed E-state index contributed by atoms with van der Waals surface area (Å²) in [5.41, 5.74) is -0.505. The fourth-order valence-electron chi connectivity index (χ4n) is 0.306. The Morgan fingerprint density at radius 1 is 1.42 bits per heavy atom. The number of aliphatic hydroxyl groups excluding tert-OH is 2. The summed E-state index contributed by atoms with van der Waals surface area (Å²) in [5, 5.41) is 15.2. The van der Waals surface area contributed by atoms with Crippen molar-refractivity contribution in [2.45, 2.75) is 5.62 Å². The minimum atomic E-state index is -0.505. The molecule has 0 amide bonds. The number of nitrogens with zero attached hydrogens (tertiary/aromatic N) is 3. The van der Waals surface area contributed by atoms with Crippen molar-refractivity contribution in [1.29, 1.82) is 0 Å². The molecule has 0 saturated heterocycles. The lowest BCUT2D eigenvalue weighted by atomic mass is 10.8. The Balaban J connectivity index is 0.000000261. The molecule has 0 aromatic rings. The van der Waals surface area contributed by atoms with Crippen molar-refractivity contribution in [2.75, 3.05) is 13.2 Å². The van der Waals surface area contributed by atoms with E-state index >= 15 is 0 Å². The SMILES string of the molecule is ClC1N=CN=CN1Cl.OCCO. The standard InChI is InChI=1S/C3H3Cl2N3.C2H6O2/c4-3-7-1-6-2-8(3)5;3-1-2-4/h1-3H;3-4H,1-2H2. The summed E-state index contributed by atoms with van der Waals surface area (Å²) >= 11 is 10.9. The topological polar surface area (TPSA) is 68.4 Å². The second-order valence-corrected chi connectivity index (χ2v) is 2.41. The maximum atomic E-state index is 7.62. The zero-order valence-electron chi connectivity index (χ0n) is 6.14. The molecule has 1 unspecified atom stereocenters. The minimum absolute atomic E-state index is 0.125. The van der Waals surface area contributed by atoms with Crippen LogP contribution >= 0.6 is 23.4 Å². The maximum Gasteiger partial charge on any atom is 0.213 e. The van der Waals surface area contributed by atoms with Crippen LogP contribution in [0.4, 0.5) is 0 Å². The van der Waals surface area contributed by atoms with E-state index < -0.39 is 5.62 Å². The first kappa shape index (κ1) is 11.6. The molecule has 0 fully saturated rings. The molecule has 12 heavy (non-hydrogen) atoms. The van der Waals surface area contributed by atoms with Crippen molar-refractivity contribution in [3.8, 4) is 0 Å².